The molecule has 0 radical (unpaired) electrons. The molecule has 1 aliphatic carbocycles. The second-order valence-electron chi connectivity index (χ2n) is 5.40. The average Bonchev–Trinajstić information content (AvgIpc) is 3.14. The number of rotatable bonds is 3. The van der Waals surface area contributed by atoms with Gasteiger partial charge in [0.25, 0.3) is 5.91 Å². The Hall–Kier alpha value is -2.05. The molecule has 1 N–H and O–H groups in total. The SMILES string of the molecule is O=C(NC1CC1)C1CCCN1C(=O)c1ccnc(F)c1F. The van der Waals surface area contributed by atoms with Crippen molar-refractivity contribution >= 4 is 11.8 Å². The van der Waals surface area contributed by atoms with Gasteiger partial charge in [0.15, 0.2) is 5.82 Å². The molecule has 0 aromatic carbocycles. The molecular formula is C14H15F2N3O2. The van der Waals surface area contributed by atoms with Gasteiger partial charge in [0.05, 0.1) is 5.56 Å². The van der Waals surface area contributed by atoms with Gasteiger partial charge in [-0.2, -0.15) is 4.39 Å². The van der Waals surface area contributed by atoms with Crippen molar-refractivity contribution in [3.8, 4) is 0 Å². The molecule has 1 aliphatic heterocycles. The predicted molar refractivity (Wildman–Crippen MR) is 69.4 cm³/mol. The lowest BCUT2D eigenvalue weighted by Crippen LogP contribution is -2.46. The highest BCUT2D eigenvalue weighted by Gasteiger charge is 2.37. The lowest BCUT2D eigenvalue weighted by molar-refractivity contribution is -0.125. The third kappa shape index (κ3) is 2.72. The Morgan fingerprint density at radius 3 is 2.76 bits per heavy atom. The molecule has 1 aromatic rings. The summed E-state index contributed by atoms with van der Waals surface area (Å²) in [7, 11) is 0. The van der Waals surface area contributed by atoms with Crippen molar-refractivity contribution in [3.63, 3.8) is 0 Å². The smallest absolute Gasteiger partial charge is 0.257 e. The fourth-order valence-corrected chi connectivity index (χ4v) is 2.55. The standard InChI is InChI=1S/C14H15F2N3O2/c15-11-9(5-6-17-12(11)16)14(21)19-7-1-2-10(19)13(20)18-8-3-4-8/h5-6,8,10H,1-4,7H2,(H,18,20). The Morgan fingerprint density at radius 1 is 1.29 bits per heavy atom. The maximum Gasteiger partial charge on any atom is 0.257 e. The van der Waals surface area contributed by atoms with Crippen LogP contribution in [0, 0.1) is 11.8 Å². The molecule has 1 unspecified atom stereocenters. The number of likely N-dealkylation sites (tertiary alicyclic amines) is 1. The molecule has 21 heavy (non-hydrogen) atoms. The first-order valence-corrected chi connectivity index (χ1v) is 6.99. The summed E-state index contributed by atoms with van der Waals surface area (Å²) in [5.41, 5.74) is -0.381. The topological polar surface area (TPSA) is 62.3 Å². The van der Waals surface area contributed by atoms with Gasteiger partial charge >= 0.3 is 0 Å². The van der Waals surface area contributed by atoms with Crippen LogP contribution in [-0.4, -0.2) is 40.3 Å². The van der Waals surface area contributed by atoms with Gasteiger partial charge in [0.1, 0.15) is 6.04 Å². The molecule has 2 fully saturated rings. The Bertz CT molecular complexity index is 590. The van der Waals surface area contributed by atoms with E-state index in [4.69, 9.17) is 0 Å². The van der Waals surface area contributed by atoms with E-state index in [0.717, 1.165) is 25.1 Å². The van der Waals surface area contributed by atoms with Crippen molar-refractivity contribution in [1.82, 2.24) is 15.2 Å². The number of carbonyl (C=O) groups is 2. The molecule has 1 saturated carbocycles. The number of nitrogens with one attached hydrogen (secondary N) is 1. The molecule has 7 heteroatoms. The van der Waals surface area contributed by atoms with E-state index in [2.05, 4.69) is 10.3 Å². The van der Waals surface area contributed by atoms with Crippen LogP contribution in [0.15, 0.2) is 12.3 Å². The van der Waals surface area contributed by atoms with Gasteiger partial charge in [-0.05, 0) is 31.7 Å². The number of hydrogen-bond donors (Lipinski definition) is 1. The van der Waals surface area contributed by atoms with Crippen LogP contribution >= 0.6 is 0 Å². The molecule has 1 saturated heterocycles. The maximum atomic E-state index is 13.7. The van der Waals surface area contributed by atoms with Crippen LogP contribution in [-0.2, 0) is 4.79 Å². The van der Waals surface area contributed by atoms with E-state index in [-0.39, 0.29) is 17.5 Å². The van der Waals surface area contributed by atoms with Gasteiger partial charge in [-0.15, -0.1) is 0 Å². The van der Waals surface area contributed by atoms with Crippen LogP contribution < -0.4 is 5.32 Å². The fraction of sp³-hybridized carbons (Fsp3) is 0.500. The Balaban J connectivity index is 1.79. The van der Waals surface area contributed by atoms with Gasteiger partial charge < -0.3 is 10.2 Å². The van der Waals surface area contributed by atoms with Crippen molar-refractivity contribution in [2.45, 2.75) is 37.8 Å². The minimum Gasteiger partial charge on any atom is -0.352 e. The van der Waals surface area contributed by atoms with Gasteiger partial charge in [-0.1, -0.05) is 0 Å². The van der Waals surface area contributed by atoms with Crippen molar-refractivity contribution in [1.29, 1.82) is 0 Å². The molecule has 1 atom stereocenters. The van der Waals surface area contributed by atoms with Crippen LogP contribution in [0.5, 0.6) is 0 Å². The van der Waals surface area contributed by atoms with E-state index >= 15 is 0 Å². The fourth-order valence-electron chi connectivity index (χ4n) is 2.55. The second kappa shape index (κ2) is 5.38. The second-order valence-corrected chi connectivity index (χ2v) is 5.40. The van der Waals surface area contributed by atoms with E-state index in [0.29, 0.717) is 19.4 Å². The van der Waals surface area contributed by atoms with E-state index in [1.165, 1.54) is 4.90 Å². The molecule has 5 nitrogen and oxygen atoms in total. The van der Waals surface area contributed by atoms with Crippen LogP contribution in [0.4, 0.5) is 8.78 Å². The van der Waals surface area contributed by atoms with Crippen LogP contribution in [0.1, 0.15) is 36.0 Å². The third-order valence-electron chi connectivity index (χ3n) is 3.82. The minimum atomic E-state index is -1.31. The molecule has 2 amide bonds. The zero-order chi connectivity index (χ0) is 15.0. The highest BCUT2D eigenvalue weighted by molar-refractivity contribution is 5.98. The molecule has 2 heterocycles. The highest BCUT2D eigenvalue weighted by atomic mass is 19.2. The Labute approximate surface area is 120 Å². The predicted octanol–water partition coefficient (Wildman–Crippen LogP) is 1.24. The van der Waals surface area contributed by atoms with Crippen molar-refractivity contribution < 1.29 is 18.4 Å². The van der Waals surface area contributed by atoms with Crippen LogP contribution in [0.2, 0.25) is 0 Å². The normalized spacial score (nSPS) is 21.4. The number of aromatic nitrogens is 1. The van der Waals surface area contributed by atoms with Crippen molar-refractivity contribution in [2.24, 2.45) is 0 Å². The first-order chi connectivity index (χ1) is 10.1. The first-order valence-electron chi connectivity index (χ1n) is 6.99. The summed E-state index contributed by atoms with van der Waals surface area (Å²) in [5, 5.41) is 2.85. The monoisotopic (exact) mass is 295 g/mol. The summed E-state index contributed by atoms with van der Waals surface area (Å²) in [4.78, 5) is 28.9. The quantitative estimate of drug-likeness (QED) is 0.854. The molecule has 3 rings (SSSR count). The zero-order valence-corrected chi connectivity index (χ0v) is 11.3. The zero-order valence-electron chi connectivity index (χ0n) is 11.3. The summed E-state index contributed by atoms with van der Waals surface area (Å²) in [6, 6.07) is 0.730. The number of pyridine rings is 1. The molecule has 112 valence electrons. The average molecular weight is 295 g/mol. The Morgan fingerprint density at radius 2 is 2.05 bits per heavy atom. The third-order valence-corrected chi connectivity index (χ3v) is 3.82. The minimum absolute atomic E-state index is 0.199. The van der Waals surface area contributed by atoms with E-state index in [1.54, 1.807) is 0 Å². The van der Waals surface area contributed by atoms with Gasteiger partial charge in [-0.25, -0.2) is 9.37 Å². The van der Waals surface area contributed by atoms with Crippen LogP contribution in [0.25, 0.3) is 0 Å². The van der Waals surface area contributed by atoms with Crippen molar-refractivity contribution in [3.05, 3.63) is 29.6 Å². The molecule has 1 aromatic heterocycles. The summed E-state index contributed by atoms with van der Waals surface area (Å²) < 4.78 is 26.8. The molecule has 0 bridgehead atoms. The Kier molecular flexibility index (Phi) is 3.57. The highest BCUT2D eigenvalue weighted by Crippen LogP contribution is 2.24. The largest absolute Gasteiger partial charge is 0.352 e. The van der Waals surface area contributed by atoms with Gasteiger partial charge in [0.2, 0.25) is 11.9 Å². The summed E-state index contributed by atoms with van der Waals surface area (Å²) in [5.74, 6) is -3.45. The number of halogens is 2. The summed E-state index contributed by atoms with van der Waals surface area (Å²) in [6.07, 6.45) is 4.16. The van der Waals surface area contributed by atoms with Gasteiger partial charge in [0, 0.05) is 18.8 Å². The van der Waals surface area contributed by atoms with E-state index < -0.39 is 23.7 Å². The van der Waals surface area contributed by atoms with Gasteiger partial charge in [-0.3, -0.25) is 9.59 Å². The van der Waals surface area contributed by atoms with Crippen LogP contribution in [0.3, 0.4) is 0 Å². The van der Waals surface area contributed by atoms with Crippen molar-refractivity contribution in [2.75, 3.05) is 6.54 Å². The van der Waals surface area contributed by atoms with E-state index in [1.807, 2.05) is 0 Å². The summed E-state index contributed by atoms with van der Waals surface area (Å²) in [6.45, 7) is 0.366. The summed E-state index contributed by atoms with van der Waals surface area (Å²) >= 11 is 0. The number of amides is 2. The molecule has 2 aliphatic rings. The first kappa shape index (κ1) is 13.9. The lowest BCUT2D eigenvalue weighted by Gasteiger charge is -2.24. The number of nitrogens with zero attached hydrogens (tertiary/aromatic N) is 2. The molecule has 0 spiro atoms. The maximum absolute atomic E-state index is 13.7. The van der Waals surface area contributed by atoms with E-state index in [9.17, 15) is 18.4 Å². The number of carbonyl (C=O) groups excluding carboxylic acids is 2. The molecular weight excluding hydrogens is 280 g/mol. The number of hydrogen-bond acceptors (Lipinski definition) is 3. The lowest BCUT2D eigenvalue weighted by atomic mass is 10.1.